The van der Waals surface area contributed by atoms with Crippen LogP contribution in [0.1, 0.15) is 54.2 Å². The van der Waals surface area contributed by atoms with Gasteiger partial charge in [0.1, 0.15) is 24.0 Å². The fraction of sp³-hybridized carbons (Fsp3) is 0.385. The number of anilines is 1. The maximum Gasteiger partial charge on any atom is 0.247 e. The third-order valence-corrected chi connectivity index (χ3v) is 6.70. The summed E-state index contributed by atoms with van der Waals surface area (Å²) >= 11 is 1.17. The molecule has 0 atom stereocenters. The molecule has 10 heteroatoms. The molecule has 1 amide bonds. The Bertz CT molecular complexity index is 1160. The fourth-order valence-electron chi connectivity index (χ4n) is 4.16. The first-order valence-electron chi connectivity index (χ1n) is 12.0. The van der Waals surface area contributed by atoms with Crippen LogP contribution in [0.2, 0.25) is 0 Å². The van der Waals surface area contributed by atoms with Gasteiger partial charge in [0.25, 0.3) is 0 Å². The predicted molar refractivity (Wildman–Crippen MR) is 140 cm³/mol. The Labute approximate surface area is 214 Å². The van der Waals surface area contributed by atoms with Crippen LogP contribution in [-0.4, -0.2) is 42.6 Å². The van der Waals surface area contributed by atoms with E-state index >= 15 is 0 Å². The minimum Gasteiger partial charge on any atom is -0.493 e. The molecule has 0 saturated heterocycles. The molecule has 1 saturated carbocycles. The molecule has 190 valence electrons. The molecule has 3 N–H and O–H groups in total. The van der Waals surface area contributed by atoms with Gasteiger partial charge in [0, 0.05) is 0 Å². The normalized spacial score (nSPS) is 14.0. The molecule has 4 rings (SSSR count). The number of benzene rings is 2. The maximum absolute atomic E-state index is 11.9. The largest absolute Gasteiger partial charge is 0.493 e. The first-order chi connectivity index (χ1) is 17.6. The topological polar surface area (TPSA) is 121 Å². The Morgan fingerprint density at radius 3 is 2.58 bits per heavy atom. The van der Waals surface area contributed by atoms with Gasteiger partial charge in [-0.25, -0.2) is 5.43 Å². The number of amides is 1. The first kappa shape index (κ1) is 25.4. The molecule has 1 fully saturated rings. The summed E-state index contributed by atoms with van der Waals surface area (Å²) in [7, 11) is 1.57. The van der Waals surface area contributed by atoms with E-state index in [9.17, 15) is 4.79 Å². The van der Waals surface area contributed by atoms with Gasteiger partial charge in [0.05, 0.1) is 19.7 Å². The number of hydrogen-bond acceptors (Lipinski definition) is 9. The van der Waals surface area contributed by atoms with E-state index in [2.05, 4.69) is 32.9 Å². The summed E-state index contributed by atoms with van der Waals surface area (Å²) < 4.78 is 17.1. The van der Waals surface area contributed by atoms with Crippen LogP contribution in [0, 0.1) is 0 Å². The average molecular weight is 510 g/mol. The summed E-state index contributed by atoms with van der Waals surface area (Å²) in [5.74, 6) is 2.38. The van der Waals surface area contributed by atoms with Crippen LogP contribution in [0.25, 0.3) is 0 Å². The third-order valence-electron chi connectivity index (χ3n) is 5.95. The van der Waals surface area contributed by atoms with Gasteiger partial charge >= 0.3 is 0 Å². The van der Waals surface area contributed by atoms with Crippen molar-refractivity contribution in [2.24, 2.45) is 5.10 Å². The van der Waals surface area contributed by atoms with Gasteiger partial charge in [-0.05, 0) is 60.2 Å². The van der Waals surface area contributed by atoms with Crippen LogP contribution in [0.4, 0.5) is 5.13 Å². The zero-order valence-electron chi connectivity index (χ0n) is 20.3. The van der Waals surface area contributed by atoms with E-state index < -0.39 is 0 Å². The van der Waals surface area contributed by atoms with Gasteiger partial charge in [-0.15, -0.1) is 10.2 Å². The number of nitrogens with one attached hydrogen (secondary N) is 1. The van der Waals surface area contributed by atoms with E-state index in [0.29, 0.717) is 40.8 Å². The zero-order chi connectivity index (χ0) is 25.2. The molecule has 3 aromatic rings. The van der Waals surface area contributed by atoms with Crippen molar-refractivity contribution in [1.29, 1.82) is 0 Å². The Hall–Kier alpha value is -3.66. The lowest BCUT2D eigenvalue weighted by molar-refractivity contribution is -0.120. The average Bonchev–Trinajstić information content (AvgIpc) is 3.32. The molecule has 1 aliphatic carbocycles. The second kappa shape index (κ2) is 12.9. The molecule has 0 aliphatic heterocycles. The first-order valence-corrected chi connectivity index (χ1v) is 12.9. The lowest BCUT2D eigenvalue weighted by Gasteiger charge is -2.22. The monoisotopic (exact) mass is 509 g/mol. The molecular formula is C26H31N5O4S. The lowest BCUT2D eigenvalue weighted by Crippen LogP contribution is -2.19. The standard InChI is InChI=1S/C26H31N5O4S/c1-33-23-15-18(17-28-29-24(32)16-25-30-31-26(27)36-25)7-12-22(23)35-14-13-34-21-10-8-20(9-11-21)19-5-3-2-4-6-19/h7-12,15,17,19H,2-6,13-14,16H2,1H3,(H2,27,31)(H,29,32)/b28-17+. The van der Waals surface area contributed by atoms with Gasteiger partial charge in [0.15, 0.2) is 11.5 Å². The highest BCUT2D eigenvalue weighted by Gasteiger charge is 2.15. The van der Waals surface area contributed by atoms with Crippen LogP contribution < -0.4 is 25.4 Å². The number of rotatable bonds is 11. The van der Waals surface area contributed by atoms with Gasteiger partial charge < -0.3 is 19.9 Å². The summed E-state index contributed by atoms with van der Waals surface area (Å²) in [6.07, 6.45) is 8.19. The van der Waals surface area contributed by atoms with E-state index in [1.165, 1.54) is 55.2 Å². The third kappa shape index (κ3) is 7.42. The summed E-state index contributed by atoms with van der Waals surface area (Å²) in [6.45, 7) is 0.793. The number of hydrazone groups is 1. The highest BCUT2D eigenvalue weighted by Crippen LogP contribution is 2.33. The lowest BCUT2D eigenvalue weighted by atomic mass is 9.84. The highest BCUT2D eigenvalue weighted by atomic mass is 32.1. The predicted octanol–water partition coefficient (Wildman–Crippen LogP) is 4.33. The van der Waals surface area contributed by atoms with Crippen LogP contribution in [0.5, 0.6) is 17.2 Å². The van der Waals surface area contributed by atoms with E-state index in [4.69, 9.17) is 19.9 Å². The molecule has 1 heterocycles. The van der Waals surface area contributed by atoms with Crippen molar-refractivity contribution in [2.45, 2.75) is 44.4 Å². The number of ether oxygens (including phenoxy) is 3. The van der Waals surface area contributed by atoms with Crippen LogP contribution in [-0.2, 0) is 11.2 Å². The number of hydrogen-bond donors (Lipinski definition) is 2. The number of aromatic nitrogens is 2. The molecule has 9 nitrogen and oxygen atoms in total. The van der Waals surface area contributed by atoms with Crippen molar-refractivity contribution in [3.8, 4) is 17.2 Å². The number of nitrogens with zero attached hydrogens (tertiary/aromatic N) is 3. The van der Waals surface area contributed by atoms with E-state index in [0.717, 1.165) is 11.3 Å². The Kier molecular flexibility index (Phi) is 9.09. The number of carbonyl (C=O) groups excluding carboxylic acids is 1. The van der Waals surface area contributed by atoms with Gasteiger partial charge in [0.2, 0.25) is 11.0 Å². The fourth-order valence-corrected chi connectivity index (χ4v) is 4.77. The SMILES string of the molecule is COc1cc(/C=N/NC(=O)Cc2nnc(N)s2)ccc1OCCOc1ccc(C2CCCCC2)cc1. The number of carbonyl (C=O) groups is 1. The Balaban J connectivity index is 1.21. The summed E-state index contributed by atoms with van der Waals surface area (Å²) in [4.78, 5) is 11.9. The Morgan fingerprint density at radius 1 is 1.08 bits per heavy atom. The molecule has 36 heavy (non-hydrogen) atoms. The molecule has 1 aromatic heterocycles. The zero-order valence-corrected chi connectivity index (χ0v) is 21.1. The van der Waals surface area contributed by atoms with Gasteiger partial charge in [-0.3, -0.25) is 4.79 Å². The second-order valence-electron chi connectivity index (χ2n) is 8.52. The van der Waals surface area contributed by atoms with Gasteiger partial charge in [-0.1, -0.05) is 42.7 Å². The minimum atomic E-state index is -0.307. The molecule has 0 bridgehead atoms. The van der Waals surface area contributed by atoms with E-state index in [1.54, 1.807) is 19.2 Å². The van der Waals surface area contributed by atoms with Crippen LogP contribution >= 0.6 is 11.3 Å². The maximum atomic E-state index is 11.9. The quantitative estimate of drug-likeness (QED) is 0.224. The highest BCUT2D eigenvalue weighted by molar-refractivity contribution is 7.15. The number of nitrogens with two attached hydrogens (primary N) is 1. The van der Waals surface area contributed by atoms with Crippen molar-refractivity contribution in [3.63, 3.8) is 0 Å². The number of methoxy groups -OCH3 is 1. The molecule has 0 spiro atoms. The molecule has 1 aliphatic rings. The van der Waals surface area contributed by atoms with Crippen molar-refractivity contribution in [1.82, 2.24) is 15.6 Å². The van der Waals surface area contributed by atoms with Crippen LogP contribution in [0.15, 0.2) is 47.6 Å². The Morgan fingerprint density at radius 2 is 1.86 bits per heavy atom. The smallest absolute Gasteiger partial charge is 0.247 e. The summed E-state index contributed by atoms with van der Waals surface area (Å²) in [6, 6.07) is 13.9. The van der Waals surface area contributed by atoms with Crippen molar-refractivity contribution in [3.05, 3.63) is 58.6 Å². The molecule has 0 unspecified atom stereocenters. The van der Waals surface area contributed by atoms with Crippen molar-refractivity contribution in [2.75, 3.05) is 26.1 Å². The summed E-state index contributed by atoms with van der Waals surface area (Å²) in [5.41, 5.74) is 10.1. The molecular weight excluding hydrogens is 478 g/mol. The van der Waals surface area contributed by atoms with Crippen LogP contribution in [0.3, 0.4) is 0 Å². The minimum absolute atomic E-state index is 0.0645. The molecule has 0 radical (unpaired) electrons. The molecule has 2 aromatic carbocycles. The number of nitrogen functional groups attached to an aromatic ring is 1. The van der Waals surface area contributed by atoms with E-state index in [1.807, 2.05) is 18.2 Å². The van der Waals surface area contributed by atoms with Crippen molar-refractivity contribution < 1.29 is 19.0 Å². The summed E-state index contributed by atoms with van der Waals surface area (Å²) in [5, 5.41) is 12.3. The van der Waals surface area contributed by atoms with E-state index in [-0.39, 0.29) is 12.3 Å². The van der Waals surface area contributed by atoms with Gasteiger partial charge in [-0.2, -0.15) is 5.10 Å². The second-order valence-corrected chi connectivity index (χ2v) is 9.61. The van der Waals surface area contributed by atoms with Crippen molar-refractivity contribution >= 4 is 28.6 Å².